The number of hydrogen-bond acceptors (Lipinski definition) is 7. The second-order valence-corrected chi connectivity index (χ2v) is 8.44. The number of ether oxygens (including phenoxy) is 1. The van der Waals surface area contributed by atoms with E-state index < -0.39 is 0 Å². The van der Waals surface area contributed by atoms with E-state index in [-0.39, 0.29) is 18.3 Å². The van der Waals surface area contributed by atoms with Gasteiger partial charge in [-0.3, -0.25) is 9.59 Å². The van der Waals surface area contributed by atoms with Gasteiger partial charge in [0.2, 0.25) is 0 Å². The zero-order chi connectivity index (χ0) is 20.1. The number of thioether (sulfide) groups is 1. The monoisotopic (exact) mass is 418 g/mol. The lowest BCUT2D eigenvalue weighted by Crippen LogP contribution is -2.28. The molecule has 28 heavy (non-hydrogen) atoms. The fourth-order valence-corrected chi connectivity index (χ4v) is 4.66. The maximum atomic E-state index is 13.0. The SMILES string of the molecule is COC(=O)CCCN(C)C(=O)c1oc2ccccc2c1CSc1nc(C)cs1. The predicted molar refractivity (Wildman–Crippen MR) is 111 cm³/mol. The summed E-state index contributed by atoms with van der Waals surface area (Å²) in [4.78, 5) is 30.3. The average molecular weight is 419 g/mol. The van der Waals surface area contributed by atoms with Crippen molar-refractivity contribution in [1.82, 2.24) is 9.88 Å². The van der Waals surface area contributed by atoms with Crippen molar-refractivity contribution in [3.8, 4) is 0 Å². The summed E-state index contributed by atoms with van der Waals surface area (Å²) in [6.07, 6.45) is 0.817. The minimum atomic E-state index is -0.277. The number of nitrogens with zero attached hydrogens (tertiary/aromatic N) is 2. The molecule has 1 amide bonds. The van der Waals surface area contributed by atoms with Crippen molar-refractivity contribution in [3.63, 3.8) is 0 Å². The Balaban J connectivity index is 1.79. The molecule has 0 saturated carbocycles. The molecule has 148 valence electrons. The number of fused-ring (bicyclic) bond motifs is 1. The molecule has 0 saturated heterocycles. The molecule has 0 unspecified atom stereocenters. The molecular formula is C20H22N2O4S2. The summed E-state index contributed by atoms with van der Waals surface area (Å²) in [6, 6.07) is 7.66. The number of carbonyl (C=O) groups excluding carboxylic acids is 2. The van der Waals surface area contributed by atoms with Crippen LogP contribution in [0.1, 0.15) is 34.7 Å². The van der Waals surface area contributed by atoms with Gasteiger partial charge in [-0.25, -0.2) is 4.98 Å². The summed E-state index contributed by atoms with van der Waals surface area (Å²) in [6.45, 7) is 2.41. The Labute approximate surface area is 171 Å². The molecule has 0 N–H and O–H groups in total. The second kappa shape index (κ2) is 9.25. The van der Waals surface area contributed by atoms with E-state index in [0.29, 0.717) is 30.1 Å². The standard InChI is InChI=1S/C20H22N2O4S2/c1-13-11-27-20(21-13)28-12-15-14-7-4-5-8-16(14)26-18(15)19(24)22(2)10-6-9-17(23)25-3/h4-5,7-8,11H,6,9-10,12H2,1-3H3. The van der Waals surface area contributed by atoms with Crippen LogP contribution in [0.2, 0.25) is 0 Å². The summed E-state index contributed by atoms with van der Waals surface area (Å²) < 4.78 is 11.5. The summed E-state index contributed by atoms with van der Waals surface area (Å²) in [5, 5.41) is 2.95. The summed E-state index contributed by atoms with van der Waals surface area (Å²) in [5.41, 5.74) is 2.56. The van der Waals surface area contributed by atoms with E-state index >= 15 is 0 Å². The van der Waals surface area contributed by atoms with Crippen LogP contribution in [-0.4, -0.2) is 42.5 Å². The van der Waals surface area contributed by atoms with E-state index in [9.17, 15) is 9.59 Å². The fraction of sp³-hybridized carbons (Fsp3) is 0.350. The van der Waals surface area contributed by atoms with Crippen molar-refractivity contribution in [2.24, 2.45) is 0 Å². The van der Waals surface area contributed by atoms with Gasteiger partial charge in [0.15, 0.2) is 5.76 Å². The van der Waals surface area contributed by atoms with Gasteiger partial charge in [0.1, 0.15) is 9.92 Å². The van der Waals surface area contributed by atoms with Gasteiger partial charge >= 0.3 is 5.97 Å². The van der Waals surface area contributed by atoms with Gasteiger partial charge in [-0.1, -0.05) is 30.0 Å². The first-order valence-corrected chi connectivity index (χ1v) is 10.7. The number of amides is 1. The third kappa shape index (κ3) is 4.74. The summed E-state index contributed by atoms with van der Waals surface area (Å²) >= 11 is 3.19. The van der Waals surface area contributed by atoms with Crippen LogP contribution in [0.25, 0.3) is 11.0 Å². The number of rotatable bonds is 8. The molecule has 1 aromatic carbocycles. The smallest absolute Gasteiger partial charge is 0.305 e. The number of hydrogen-bond donors (Lipinski definition) is 0. The molecule has 0 radical (unpaired) electrons. The lowest BCUT2D eigenvalue weighted by molar-refractivity contribution is -0.140. The first-order chi connectivity index (χ1) is 13.5. The predicted octanol–water partition coefficient (Wildman–Crippen LogP) is 4.52. The van der Waals surface area contributed by atoms with E-state index in [4.69, 9.17) is 4.42 Å². The lowest BCUT2D eigenvalue weighted by Gasteiger charge is -2.16. The highest BCUT2D eigenvalue weighted by Gasteiger charge is 2.23. The van der Waals surface area contributed by atoms with Crippen molar-refractivity contribution in [2.45, 2.75) is 29.9 Å². The number of aromatic nitrogens is 1. The molecule has 0 spiro atoms. The van der Waals surface area contributed by atoms with E-state index in [1.807, 2.05) is 36.6 Å². The minimum Gasteiger partial charge on any atom is -0.469 e. The van der Waals surface area contributed by atoms with Gasteiger partial charge < -0.3 is 14.1 Å². The molecule has 0 aliphatic carbocycles. The van der Waals surface area contributed by atoms with E-state index in [1.165, 1.54) is 7.11 Å². The normalized spacial score (nSPS) is 11.0. The van der Waals surface area contributed by atoms with Crippen LogP contribution in [-0.2, 0) is 15.3 Å². The number of aryl methyl sites for hydroxylation is 1. The molecule has 3 rings (SSSR count). The van der Waals surface area contributed by atoms with Gasteiger partial charge in [0.25, 0.3) is 5.91 Å². The van der Waals surface area contributed by atoms with Gasteiger partial charge in [0.05, 0.1) is 7.11 Å². The molecule has 2 heterocycles. The first-order valence-electron chi connectivity index (χ1n) is 8.87. The molecule has 6 nitrogen and oxygen atoms in total. The van der Waals surface area contributed by atoms with Gasteiger partial charge in [0, 0.05) is 47.8 Å². The fourth-order valence-electron chi connectivity index (χ4n) is 2.78. The molecule has 0 bridgehead atoms. The molecule has 8 heteroatoms. The van der Waals surface area contributed by atoms with Crippen LogP contribution < -0.4 is 0 Å². The first kappa shape index (κ1) is 20.4. The maximum absolute atomic E-state index is 13.0. The molecule has 0 fully saturated rings. The molecule has 3 aromatic rings. The zero-order valence-electron chi connectivity index (χ0n) is 16.1. The quantitative estimate of drug-likeness (QED) is 0.396. The summed E-state index contributed by atoms with van der Waals surface area (Å²) in [5.74, 6) is 0.482. The number of furan rings is 1. The minimum absolute atomic E-state index is 0.188. The van der Waals surface area contributed by atoms with Crippen molar-refractivity contribution < 1.29 is 18.7 Å². The Bertz CT molecular complexity index is 980. The second-order valence-electron chi connectivity index (χ2n) is 6.36. The third-order valence-electron chi connectivity index (χ3n) is 4.28. The number of thiazole rings is 1. The van der Waals surface area contributed by atoms with E-state index in [0.717, 1.165) is 21.0 Å². The average Bonchev–Trinajstić information content (AvgIpc) is 3.28. The highest BCUT2D eigenvalue weighted by atomic mass is 32.2. The van der Waals surface area contributed by atoms with Gasteiger partial charge in [-0.2, -0.15) is 0 Å². The Morgan fingerprint density at radius 3 is 2.82 bits per heavy atom. The number of esters is 1. The van der Waals surface area contributed by atoms with Crippen LogP contribution in [0.3, 0.4) is 0 Å². The van der Waals surface area contributed by atoms with Crippen LogP contribution in [0.5, 0.6) is 0 Å². The Kier molecular flexibility index (Phi) is 6.74. The molecule has 2 aromatic heterocycles. The topological polar surface area (TPSA) is 72.6 Å². The van der Waals surface area contributed by atoms with Crippen LogP contribution >= 0.6 is 23.1 Å². The number of carbonyl (C=O) groups is 2. The van der Waals surface area contributed by atoms with Crippen molar-refractivity contribution in [2.75, 3.05) is 20.7 Å². The molecule has 0 aliphatic heterocycles. The highest BCUT2D eigenvalue weighted by molar-refractivity contribution is 8.00. The van der Waals surface area contributed by atoms with Crippen molar-refractivity contribution >= 4 is 45.9 Å². The molecular weight excluding hydrogens is 396 g/mol. The zero-order valence-corrected chi connectivity index (χ0v) is 17.7. The highest BCUT2D eigenvalue weighted by Crippen LogP contribution is 2.33. The third-order valence-corrected chi connectivity index (χ3v) is 6.44. The van der Waals surface area contributed by atoms with Crippen molar-refractivity contribution in [3.05, 3.63) is 46.7 Å². The van der Waals surface area contributed by atoms with Crippen LogP contribution in [0, 0.1) is 6.92 Å². The number of methoxy groups -OCH3 is 1. The van der Waals surface area contributed by atoms with Gasteiger partial charge in [-0.05, 0) is 19.4 Å². The van der Waals surface area contributed by atoms with E-state index in [1.54, 1.807) is 35.0 Å². The van der Waals surface area contributed by atoms with E-state index in [2.05, 4.69) is 9.72 Å². The number of para-hydroxylation sites is 1. The largest absolute Gasteiger partial charge is 0.469 e. The van der Waals surface area contributed by atoms with Gasteiger partial charge in [-0.15, -0.1) is 11.3 Å². The Morgan fingerprint density at radius 1 is 1.32 bits per heavy atom. The Morgan fingerprint density at radius 2 is 2.11 bits per heavy atom. The lowest BCUT2D eigenvalue weighted by atomic mass is 10.1. The molecule has 0 atom stereocenters. The molecule has 0 aliphatic rings. The van der Waals surface area contributed by atoms with Crippen molar-refractivity contribution in [1.29, 1.82) is 0 Å². The summed E-state index contributed by atoms with van der Waals surface area (Å²) in [7, 11) is 3.08. The Hall–Kier alpha value is -2.32. The maximum Gasteiger partial charge on any atom is 0.305 e. The number of benzene rings is 1. The van der Waals surface area contributed by atoms with Crippen LogP contribution in [0.4, 0.5) is 0 Å². The van der Waals surface area contributed by atoms with Crippen LogP contribution in [0.15, 0.2) is 38.4 Å².